The number of aryl methyl sites for hydroxylation is 1. The molecule has 8 heteroatoms. The summed E-state index contributed by atoms with van der Waals surface area (Å²) in [5.41, 5.74) is 4.83. The molecule has 3 aromatic heterocycles. The van der Waals surface area contributed by atoms with Crippen molar-refractivity contribution >= 4 is 28.9 Å². The van der Waals surface area contributed by atoms with Gasteiger partial charge in [0.2, 0.25) is 5.76 Å². The third-order valence-corrected chi connectivity index (χ3v) is 5.18. The van der Waals surface area contributed by atoms with Crippen LogP contribution in [-0.2, 0) is 6.42 Å². The lowest BCUT2D eigenvalue weighted by Gasteiger charge is -2.14. The quantitative estimate of drug-likeness (QED) is 0.441. The Balaban J connectivity index is 1.54. The molecule has 4 aromatic rings. The maximum atomic E-state index is 12.7. The van der Waals surface area contributed by atoms with E-state index in [0.717, 1.165) is 41.2 Å². The summed E-state index contributed by atoms with van der Waals surface area (Å²) in [6.07, 6.45) is 6.31. The minimum absolute atomic E-state index is 0.0968. The lowest BCUT2D eigenvalue weighted by molar-refractivity contribution is 0.0971. The molecular weight excluding hydrogens is 394 g/mol. The molecule has 154 valence electrons. The second-order valence-electron chi connectivity index (χ2n) is 7.25. The van der Waals surface area contributed by atoms with E-state index in [1.807, 2.05) is 36.4 Å². The van der Waals surface area contributed by atoms with Crippen LogP contribution in [-0.4, -0.2) is 26.6 Å². The highest BCUT2D eigenvalue weighted by Gasteiger charge is 2.27. The van der Waals surface area contributed by atoms with Crippen molar-refractivity contribution in [1.29, 1.82) is 0 Å². The highest BCUT2D eigenvalue weighted by Crippen LogP contribution is 2.39. The summed E-state index contributed by atoms with van der Waals surface area (Å²) in [4.78, 5) is 36.4. The van der Waals surface area contributed by atoms with Gasteiger partial charge in [-0.05, 0) is 37.1 Å². The van der Waals surface area contributed by atoms with Crippen LogP contribution in [0.4, 0.5) is 17.2 Å². The molecule has 31 heavy (non-hydrogen) atoms. The summed E-state index contributed by atoms with van der Waals surface area (Å²) in [6.45, 7) is 0. The third-order valence-electron chi connectivity index (χ3n) is 5.18. The lowest BCUT2D eigenvalue weighted by atomic mass is 9.95. The minimum Gasteiger partial charge on any atom is -0.438 e. The Morgan fingerprint density at radius 1 is 1.13 bits per heavy atom. The second-order valence-corrected chi connectivity index (χ2v) is 7.25. The zero-order chi connectivity index (χ0) is 21.2. The summed E-state index contributed by atoms with van der Waals surface area (Å²) in [7, 11) is 0. The summed E-state index contributed by atoms with van der Waals surface area (Å²) >= 11 is 0. The molecule has 0 radical (unpaired) electrons. The Kier molecular flexibility index (Phi) is 4.80. The zero-order valence-corrected chi connectivity index (χ0v) is 16.5. The van der Waals surface area contributed by atoms with Crippen LogP contribution in [0.1, 0.15) is 39.4 Å². The number of rotatable bonds is 5. The van der Waals surface area contributed by atoms with Crippen molar-refractivity contribution in [2.24, 2.45) is 0 Å². The van der Waals surface area contributed by atoms with Crippen LogP contribution in [0.15, 0.2) is 65.7 Å². The molecule has 0 bridgehead atoms. The van der Waals surface area contributed by atoms with Gasteiger partial charge < -0.3 is 20.0 Å². The molecular formula is C23H19N5O3. The van der Waals surface area contributed by atoms with Crippen LogP contribution >= 0.6 is 0 Å². The summed E-state index contributed by atoms with van der Waals surface area (Å²) < 4.78 is 5.03. The normalized spacial score (nSPS) is 13.0. The molecule has 1 aliphatic rings. The van der Waals surface area contributed by atoms with E-state index < -0.39 is 5.91 Å². The fourth-order valence-electron chi connectivity index (χ4n) is 3.77. The van der Waals surface area contributed by atoms with Gasteiger partial charge in [-0.25, -0.2) is 9.97 Å². The van der Waals surface area contributed by atoms with E-state index in [4.69, 9.17) is 4.42 Å². The van der Waals surface area contributed by atoms with E-state index in [9.17, 15) is 9.59 Å². The third kappa shape index (κ3) is 3.71. The number of nitrogens with zero attached hydrogens (tertiary/aromatic N) is 2. The first-order valence-corrected chi connectivity index (χ1v) is 9.95. The van der Waals surface area contributed by atoms with Gasteiger partial charge in [-0.3, -0.25) is 9.59 Å². The number of para-hydroxylation sites is 1. The molecule has 0 spiro atoms. The average molecular weight is 413 g/mol. The molecule has 0 saturated carbocycles. The van der Waals surface area contributed by atoms with Crippen LogP contribution in [0.25, 0.3) is 11.3 Å². The lowest BCUT2D eigenvalue weighted by Crippen LogP contribution is -2.12. The van der Waals surface area contributed by atoms with E-state index in [1.165, 1.54) is 12.6 Å². The van der Waals surface area contributed by atoms with Crippen molar-refractivity contribution in [3.8, 4) is 11.3 Å². The number of ketones is 1. The summed E-state index contributed by atoms with van der Waals surface area (Å²) in [6, 6.07) is 13.3. The maximum Gasteiger partial charge on any atom is 0.294 e. The number of carbonyl (C=O) groups excluding carboxylic acids is 2. The standard InChI is InChI=1S/C23H19N5O3/c29-17-8-4-7-16-20(17)22(26-15-5-2-1-3-6-15)21(27-16)14-9-10-25-19(11-14)28-23(30)18-12-24-13-31-18/h1-3,5-6,9-13,26-27H,4,7-8H2,(H,25,28,30). The van der Waals surface area contributed by atoms with Gasteiger partial charge in [0.15, 0.2) is 12.2 Å². The summed E-state index contributed by atoms with van der Waals surface area (Å²) in [5.74, 6) is 0.142. The van der Waals surface area contributed by atoms with Gasteiger partial charge in [0.05, 0.1) is 23.1 Å². The number of benzene rings is 1. The number of hydrogen-bond donors (Lipinski definition) is 3. The van der Waals surface area contributed by atoms with E-state index >= 15 is 0 Å². The van der Waals surface area contributed by atoms with Crippen LogP contribution < -0.4 is 10.6 Å². The molecule has 0 aliphatic heterocycles. The first kappa shape index (κ1) is 18.8. The number of fused-ring (bicyclic) bond motifs is 1. The molecule has 1 aliphatic carbocycles. The number of anilines is 3. The Bertz CT molecular complexity index is 1250. The zero-order valence-electron chi connectivity index (χ0n) is 16.5. The fourth-order valence-corrected chi connectivity index (χ4v) is 3.77. The Labute approximate surface area is 177 Å². The van der Waals surface area contributed by atoms with Crippen LogP contribution in [0.5, 0.6) is 0 Å². The van der Waals surface area contributed by atoms with Crippen molar-refractivity contribution in [1.82, 2.24) is 15.0 Å². The van der Waals surface area contributed by atoms with Gasteiger partial charge in [0.1, 0.15) is 5.82 Å². The van der Waals surface area contributed by atoms with E-state index in [2.05, 4.69) is 25.6 Å². The van der Waals surface area contributed by atoms with E-state index in [-0.39, 0.29) is 11.5 Å². The largest absolute Gasteiger partial charge is 0.438 e. The van der Waals surface area contributed by atoms with E-state index in [1.54, 1.807) is 12.3 Å². The monoisotopic (exact) mass is 413 g/mol. The number of oxazole rings is 1. The Morgan fingerprint density at radius 2 is 2.00 bits per heavy atom. The molecule has 3 N–H and O–H groups in total. The van der Waals surface area contributed by atoms with Crippen molar-refractivity contribution in [2.75, 3.05) is 10.6 Å². The number of pyridine rings is 1. The fraction of sp³-hybridized carbons (Fsp3) is 0.130. The molecule has 8 nitrogen and oxygen atoms in total. The van der Waals surface area contributed by atoms with Gasteiger partial charge in [0.25, 0.3) is 5.91 Å². The first-order valence-electron chi connectivity index (χ1n) is 9.95. The Morgan fingerprint density at radius 3 is 2.81 bits per heavy atom. The van der Waals surface area contributed by atoms with Crippen molar-refractivity contribution < 1.29 is 14.0 Å². The molecule has 5 rings (SSSR count). The van der Waals surface area contributed by atoms with Gasteiger partial charge >= 0.3 is 0 Å². The molecule has 0 atom stereocenters. The minimum atomic E-state index is -0.439. The number of Topliss-reactive ketones (excluding diaryl/α,β-unsaturated/α-hetero) is 1. The summed E-state index contributed by atoms with van der Waals surface area (Å²) in [5, 5.41) is 6.12. The van der Waals surface area contributed by atoms with Crippen LogP contribution in [0.2, 0.25) is 0 Å². The molecule has 1 amide bonds. The van der Waals surface area contributed by atoms with Gasteiger partial charge in [-0.15, -0.1) is 0 Å². The van der Waals surface area contributed by atoms with Gasteiger partial charge in [-0.2, -0.15) is 0 Å². The number of aromatic amines is 1. The second kappa shape index (κ2) is 7.91. The van der Waals surface area contributed by atoms with Crippen molar-refractivity contribution in [3.63, 3.8) is 0 Å². The number of nitrogens with one attached hydrogen (secondary N) is 3. The van der Waals surface area contributed by atoms with Gasteiger partial charge in [-0.1, -0.05) is 18.2 Å². The molecule has 0 saturated heterocycles. The number of aromatic nitrogens is 3. The average Bonchev–Trinajstić information content (AvgIpc) is 3.44. The topological polar surface area (TPSA) is 113 Å². The first-order chi connectivity index (χ1) is 15.2. The molecule has 1 aromatic carbocycles. The number of H-pyrrole nitrogens is 1. The molecule has 0 unspecified atom stereocenters. The predicted molar refractivity (Wildman–Crippen MR) is 115 cm³/mol. The predicted octanol–water partition coefficient (Wildman–Crippen LogP) is 4.58. The van der Waals surface area contributed by atoms with Crippen molar-refractivity contribution in [2.45, 2.75) is 19.3 Å². The van der Waals surface area contributed by atoms with Gasteiger partial charge in [0, 0.05) is 29.6 Å². The number of amides is 1. The highest BCUT2D eigenvalue weighted by atomic mass is 16.3. The SMILES string of the molecule is O=C(Nc1cc(-c2[nH]c3c(c2Nc2ccccc2)C(=O)CCC3)ccn1)c1cnco1. The highest BCUT2D eigenvalue weighted by molar-refractivity contribution is 6.07. The van der Waals surface area contributed by atoms with E-state index in [0.29, 0.717) is 17.8 Å². The number of hydrogen-bond acceptors (Lipinski definition) is 6. The van der Waals surface area contributed by atoms with Crippen molar-refractivity contribution in [3.05, 3.63) is 78.3 Å². The number of carbonyl (C=O) groups is 2. The maximum absolute atomic E-state index is 12.7. The molecule has 0 fully saturated rings. The molecule has 3 heterocycles. The van der Waals surface area contributed by atoms with Crippen LogP contribution in [0, 0.1) is 0 Å². The smallest absolute Gasteiger partial charge is 0.294 e. The Hall–Kier alpha value is -4.20. The van der Waals surface area contributed by atoms with Crippen LogP contribution in [0.3, 0.4) is 0 Å².